The molecule has 2 fully saturated rings. The number of carbonyl (C=O) groups excluding carboxylic acids is 2. The van der Waals surface area contributed by atoms with E-state index in [-0.39, 0.29) is 36.4 Å². The molecule has 4 N–H and O–H groups in total. The van der Waals surface area contributed by atoms with Crippen LogP contribution in [0.4, 0.5) is 0 Å². The lowest BCUT2D eigenvalue weighted by atomic mass is 9.67. The third-order valence-corrected chi connectivity index (χ3v) is 6.00. The van der Waals surface area contributed by atoms with Crippen LogP contribution in [0.1, 0.15) is 57.1 Å². The van der Waals surface area contributed by atoms with Crippen molar-refractivity contribution in [3.63, 3.8) is 0 Å². The van der Waals surface area contributed by atoms with Crippen molar-refractivity contribution in [2.24, 2.45) is 17.6 Å². The topological polar surface area (TPSA) is 84.2 Å². The predicted molar refractivity (Wildman–Crippen MR) is 103 cm³/mol. The summed E-state index contributed by atoms with van der Waals surface area (Å²) in [5.41, 5.74) is 7.05. The van der Waals surface area contributed by atoms with Gasteiger partial charge in [0.2, 0.25) is 11.8 Å². The summed E-state index contributed by atoms with van der Waals surface area (Å²) in [5, 5.41) is 6.76. The number of rotatable bonds is 5. The second-order valence-corrected chi connectivity index (χ2v) is 8.22. The summed E-state index contributed by atoms with van der Waals surface area (Å²) in [7, 11) is 0. The van der Waals surface area contributed by atoms with E-state index in [0.717, 1.165) is 31.2 Å². The molecule has 0 heterocycles. The van der Waals surface area contributed by atoms with Crippen LogP contribution in [0.25, 0.3) is 0 Å². The minimum absolute atomic E-state index is 0.0175. The molecule has 1 aromatic rings. The van der Waals surface area contributed by atoms with E-state index >= 15 is 0 Å². The molecule has 0 aliphatic heterocycles. The number of halogens is 1. The molecule has 3 rings (SSSR count). The van der Waals surface area contributed by atoms with Crippen LogP contribution in [0.15, 0.2) is 24.3 Å². The highest BCUT2D eigenvalue weighted by molar-refractivity contribution is 6.30. The number of hydrogen-bond donors (Lipinski definition) is 3. The predicted octanol–water partition coefficient (Wildman–Crippen LogP) is 2.93. The fourth-order valence-corrected chi connectivity index (χ4v) is 4.77. The van der Waals surface area contributed by atoms with E-state index in [2.05, 4.69) is 10.6 Å². The van der Waals surface area contributed by atoms with E-state index in [9.17, 15) is 9.59 Å². The molecule has 3 atom stereocenters. The SMILES string of the molecule is CC(=O)NC(CC(=O)NC1C2CCCC1CC(N)C2)c1ccc(Cl)cc1. The van der Waals surface area contributed by atoms with Gasteiger partial charge in [0.1, 0.15) is 0 Å². The molecular formula is C20H28ClN3O2. The number of carbonyl (C=O) groups is 2. The second kappa shape index (κ2) is 8.40. The van der Waals surface area contributed by atoms with Gasteiger partial charge in [-0.3, -0.25) is 9.59 Å². The number of benzene rings is 1. The first-order valence-electron chi connectivity index (χ1n) is 9.50. The van der Waals surface area contributed by atoms with Gasteiger partial charge in [0.05, 0.1) is 12.5 Å². The molecule has 2 amide bonds. The van der Waals surface area contributed by atoms with Crippen LogP contribution < -0.4 is 16.4 Å². The van der Waals surface area contributed by atoms with Gasteiger partial charge in [0.25, 0.3) is 0 Å². The molecule has 2 bridgehead atoms. The highest BCUT2D eigenvalue weighted by Gasteiger charge is 2.40. The lowest BCUT2D eigenvalue weighted by molar-refractivity contribution is -0.124. The molecule has 6 heteroatoms. The van der Waals surface area contributed by atoms with Gasteiger partial charge in [-0.1, -0.05) is 30.2 Å². The van der Waals surface area contributed by atoms with E-state index in [0.29, 0.717) is 16.9 Å². The highest BCUT2D eigenvalue weighted by Crippen LogP contribution is 2.39. The molecule has 5 nitrogen and oxygen atoms in total. The van der Waals surface area contributed by atoms with E-state index in [1.807, 2.05) is 12.1 Å². The van der Waals surface area contributed by atoms with Crippen LogP contribution in [-0.2, 0) is 9.59 Å². The first-order valence-corrected chi connectivity index (χ1v) is 9.87. The molecule has 2 aliphatic carbocycles. The third-order valence-electron chi connectivity index (χ3n) is 5.74. The molecule has 0 spiro atoms. The quantitative estimate of drug-likeness (QED) is 0.737. The Balaban J connectivity index is 1.66. The monoisotopic (exact) mass is 377 g/mol. The van der Waals surface area contributed by atoms with Gasteiger partial charge in [-0.2, -0.15) is 0 Å². The van der Waals surface area contributed by atoms with Crippen LogP contribution in [0.5, 0.6) is 0 Å². The zero-order valence-corrected chi connectivity index (χ0v) is 16.0. The van der Waals surface area contributed by atoms with Gasteiger partial charge in [0.15, 0.2) is 0 Å². The molecule has 0 saturated heterocycles. The standard InChI is InChI=1S/C20H28ClN3O2/c1-12(25)23-18(13-5-7-16(21)8-6-13)11-19(26)24-20-14-3-2-4-15(20)10-17(22)9-14/h5-8,14-15,17-18,20H,2-4,9-11,22H2,1H3,(H,23,25)(H,24,26). The fraction of sp³-hybridized carbons (Fsp3) is 0.600. The Morgan fingerprint density at radius 3 is 2.38 bits per heavy atom. The van der Waals surface area contributed by atoms with Crippen molar-refractivity contribution in [1.29, 1.82) is 0 Å². The van der Waals surface area contributed by atoms with Crippen molar-refractivity contribution >= 4 is 23.4 Å². The van der Waals surface area contributed by atoms with Crippen molar-refractivity contribution in [3.05, 3.63) is 34.9 Å². The van der Waals surface area contributed by atoms with Gasteiger partial charge >= 0.3 is 0 Å². The van der Waals surface area contributed by atoms with E-state index in [4.69, 9.17) is 17.3 Å². The number of nitrogens with one attached hydrogen (secondary N) is 2. The van der Waals surface area contributed by atoms with Crippen LogP contribution in [0.2, 0.25) is 5.02 Å². The van der Waals surface area contributed by atoms with Gasteiger partial charge < -0.3 is 16.4 Å². The summed E-state index contributed by atoms with van der Waals surface area (Å²) in [6, 6.07) is 7.39. The zero-order chi connectivity index (χ0) is 18.7. The van der Waals surface area contributed by atoms with Gasteiger partial charge in [-0.05, 0) is 55.2 Å². The summed E-state index contributed by atoms with van der Waals surface area (Å²) in [5.74, 6) is 0.793. The van der Waals surface area contributed by atoms with Gasteiger partial charge in [-0.25, -0.2) is 0 Å². The molecule has 0 radical (unpaired) electrons. The maximum Gasteiger partial charge on any atom is 0.222 e. The van der Waals surface area contributed by atoms with Crippen molar-refractivity contribution in [3.8, 4) is 0 Å². The Labute approximate surface area is 160 Å². The Kier molecular flexibility index (Phi) is 6.20. The summed E-state index contributed by atoms with van der Waals surface area (Å²) in [6.07, 6.45) is 5.72. The molecule has 2 aliphatic rings. The largest absolute Gasteiger partial charge is 0.353 e. The number of fused-ring (bicyclic) bond motifs is 2. The fourth-order valence-electron chi connectivity index (χ4n) is 4.65. The van der Waals surface area contributed by atoms with Crippen LogP contribution in [0.3, 0.4) is 0 Å². The van der Waals surface area contributed by atoms with Crippen LogP contribution in [-0.4, -0.2) is 23.9 Å². The van der Waals surface area contributed by atoms with E-state index < -0.39 is 0 Å². The molecule has 142 valence electrons. The Morgan fingerprint density at radius 1 is 1.19 bits per heavy atom. The van der Waals surface area contributed by atoms with Crippen molar-refractivity contribution in [2.45, 2.75) is 63.6 Å². The van der Waals surface area contributed by atoms with Crippen LogP contribution >= 0.6 is 11.6 Å². The maximum absolute atomic E-state index is 12.7. The minimum atomic E-state index is -0.351. The van der Waals surface area contributed by atoms with Crippen molar-refractivity contribution in [2.75, 3.05) is 0 Å². The molecular weight excluding hydrogens is 350 g/mol. The molecule has 1 aromatic carbocycles. The molecule has 0 aromatic heterocycles. The number of nitrogens with two attached hydrogens (primary N) is 1. The molecule has 3 unspecified atom stereocenters. The Morgan fingerprint density at radius 2 is 1.81 bits per heavy atom. The average molecular weight is 378 g/mol. The maximum atomic E-state index is 12.7. The summed E-state index contributed by atoms with van der Waals surface area (Å²) >= 11 is 5.95. The zero-order valence-electron chi connectivity index (χ0n) is 15.2. The third kappa shape index (κ3) is 4.77. The van der Waals surface area contributed by atoms with E-state index in [1.54, 1.807) is 12.1 Å². The number of amides is 2. The smallest absolute Gasteiger partial charge is 0.222 e. The minimum Gasteiger partial charge on any atom is -0.353 e. The second-order valence-electron chi connectivity index (χ2n) is 7.78. The highest BCUT2D eigenvalue weighted by atomic mass is 35.5. The first kappa shape index (κ1) is 19.2. The lowest BCUT2D eigenvalue weighted by Crippen LogP contribution is -2.54. The van der Waals surface area contributed by atoms with Crippen molar-refractivity contribution in [1.82, 2.24) is 10.6 Å². The average Bonchev–Trinajstić information content (AvgIpc) is 2.55. The van der Waals surface area contributed by atoms with Crippen molar-refractivity contribution < 1.29 is 9.59 Å². The van der Waals surface area contributed by atoms with Gasteiger partial charge in [-0.15, -0.1) is 0 Å². The first-order chi connectivity index (χ1) is 12.4. The normalized spacial score (nSPS) is 28.9. The Hall–Kier alpha value is -1.59. The lowest BCUT2D eigenvalue weighted by Gasteiger charge is -2.45. The van der Waals surface area contributed by atoms with Crippen LogP contribution in [0, 0.1) is 11.8 Å². The van der Waals surface area contributed by atoms with E-state index in [1.165, 1.54) is 13.3 Å². The Bertz CT molecular complexity index is 635. The molecule has 2 saturated carbocycles. The summed E-state index contributed by atoms with van der Waals surface area (Å²) in [6.45, 7) is 1.47. The summed E-state index contributed by atoms with van der Waals surface area (Å²) < 4.78 is 0. The van der Waals surface area contributed by atoms with Gasteiger partial charge in [0, 0.05) is 24.0 Å². The number of hydrogen-bond acceptors (Lipinski definition) is 3. The molecule has 26 heavy (non-hydrogen) atoms. The summed E-state index contributed by atoms with van der Waals surface area (Å²) in [4.78, 5) is 24.3.